The highest BCUT2D eigenvalue weighted by atomic mass is 32.2. The molecule has 2 aromatic carbocycles. The second kappa shape index (κ2) is 11.1. The molecule has 1 heterocycles. The first-order valence-electron chi connectivity index (χ1n) is 9.23. The minimum absolute atomic E-state index is 0.0465. The van der Waals surface area contributed by atoms with Crippen LogP contribution in [0.5, 0.6) is 5.75 Å². The van der Waals surface area contributed by atoms with E-state index in [1.54, 1.807) is 0 Å². The molecule has 0 bridgehead atoms. The van der Waals surface area contributed by atoms with Crippen molar-refractivity contribution in [3.63, 3.8) is 0 Å². The van der Waals surface area contributed by atoms with Crippen molar-refractivity contribution in [1.29, 1.82) is 5.26 Å². The molecule has 0 saturated carbocycles. The van der Waals surface area contributed by atoms with Crippen molar-refractivity contribution >= 4 is 11.8 Å². The van der Waals surface area contributed by atoms with Gasteiger partial charge in [0.25, 0.3) is 5.56 Å². The van der Waals surface area contributed by atoms with Gasteiger partial charge in [0.05, 0.1) is 12.8 Å². The number of ether oxygens (including phenoxy) is 1. The molecule has 3 aromatic rings. The number of nitrogens with zero attached hydrogens (tertiary/aromatic N) is 2. The van der Waals surface area contributed by atoms with Crippen molar-refractivity contribution in [2.45, 2.75) is 31.2 Å². The summed E-state index contributed by atoms with van der Waals surface area (Å²) in [6.07, 6.45) is 0.326. The van der Waals surface area contributed by atoms with Gasteiger partial charge in [-0.25, -0.2) is 13.8 Å². The summed E-state index contributed by atoms with van der Waals surface area (Å²) in [6.45, 7) is 4.00. The number of benzene rings is 2. The van der Waals surface area contributed by atoms with Crippen LogP contribution in [0.3, 0.4) is 0 Å². The Hall–Kier alpha value is -3.18. The Morgan fingerprint density at radius 3 is 2.33 bits per heavy atom. The Kier molecular flexibility index (Phi) is 8.56. The summed E-state index contributed by atoms with van der Waals surface area (Å²) in [7, 11) is 1.19. The van der Waals surface area contributed by atoms with E-state index in [1.165, 1.54) is 19.2 Å². The third-order valence-electron chi connectivity index (χ3n) is 3.94. The standard InChI is InChI=1S/C20H15F2N3O2S.C2H6/c1-27-18-15(21)7-13(8-16(18)22)11-28-20-24-17(14(10-23)19(26)25-20)9-12-5-3-2-4-6-12;1-2/h2-8H,9,11H2,1H3,(H,24,25,26);1-2H3. The quantitative estimate of drug-likeness (QED) is 0.448. The maximum absolute atomic E-state index is 13.8. The van der Waals surface area contributed by atoms with Crippen molar-refractivity contribution in [2.75, 3.05) is 7.11 Å². The fraction of sp³-hybridized carbons (Fsp3) is 0.227. The van der Waals surface area contributed by atoms with Crippen LogP contribution in [0.25, 0.3) is 0 Å². The van der Waals surface area contributed by atoms with Crippen LogP contribution in [0, 0.1) is 23.0 Å². The summed E-state index contributed by atoms with van der Waals surface area (Å²) in [5.74, 6) is -1.87. The highest BCUT2D eigenvalue weighted by molar-refractivity contribution is 7.98. The third kappa shape index (κ3) is 5.67. The Morgan fingerprint density at radius 1 is 1.13 bits per heavy atom. The Balaban J connectivity index is 0.00000155. The molecule has 156 valence electrons. The zero-order valence-electron chi connectivity index (χ0n) is 16.8. The summed E-state index contributed by atoms with van der Waals surface area (Å²) >= 11 is 1.11. The summed E-state index contributed by atoms with van der Waals surface area (Å²) in [5, 5.41) is 9.54. The van der Waals surface area contributed by atoms with E-state index in [9.17, 15) is 18.8 Å². The van der Waals surface area contributed by atoms with E-state index >= 15 is 0 Å². The number of hydrogen-bond acceptors (Lipinski definition) is 5. The number of halogens is 2. The molecule has 0 aliphatic rings. The number of H-pyrrole nitrogens is 1. The summed E-state index contributed by atoms with van der Waals surface area (Å²) in [4.78, 5) is 19.1. The summed E-state index contributed by atoms with van der Waals surface area (Å²) in [6, 6.07) is 13.6. The highest BCUT2D eigenvalue weighted by Gasteiger charge is 2.14. The smallest absolute Gasteiger partial charge is 0.269 e. The topological polar surface area (TPSA) is 78.8 Å². The maximum atomic E-state index is 13.8. The predicted molar refractivity (Wildman–Crippen MR) is 113 cm³/mol. The van der Waals surface area contributed by atoms with Gasteiger partial charge in [0, 0.05) is 12.2 Å². The van der Waals surface area contributed by atoms with E-state index in [0.717, 1.165) is 17.3 Å². The number of thioether (sulfide) groups is 1. The lowest BCUT2D eigenvalue weighted by molar-refractivity contribution is 0.359. The zero-order valence-corrected chi connectivity index (χ0v) is 17.6. The second-order valence-electron chi connectivity index (χ2n) is 5.85. The fourth-order valence-electron chi connectivity index (χ4n) is 2.64. The lowest BCUT2D eigenvalue weighted by Gasteiger charge is -2.08. The SMILES string of the molecule is CC.COc1c(F)cc(CSc2nc(Cc3ccccc3)c(C#N)c(=O)[nH]2)cc1F. The number of hydrogen-bond donors (Lipinski definition) is 1. The molecule has 0 fully saturated rings. The largest absolute Gasteiger partial charge is 0.491 e. The molecular formula is C22H21F2N3O2S. The van der Waals surface area contributed by atoms with Gasteiger partial charge < -0.3 is 9.72 Å². The third-order valence-corrected chi connectivity index (χ3v) is 4.88. The van der Waals surface area contributed by atoms with Crippen molar-refractivity contribution in [2.24, 2.45) is 0 Å². The number of aromatic amines is 1. The summed E-state index contributed by atoms with van der Waals surface area (Å²) in [5.41, 5.74) is 1.05. The van der Waals surface area contributed by atoms with E-state index in [-0.39, 0.29) is 16.5 Å². The van der Waals surface area contributed by atoms with Crippen LogP contribution in [0.2, 0.25) is 0 Å². The molecule has 3 rings (SSSR count). The molecule has 0 saturated heterocycles. The molecule has 0 aliphatic heterocycles. The molecule has 0 radical (unpaired) electrons. The van der Waals surface area contributed by atoms with Gasteiger partial charge >= 0.3 is 0 Å². The fourth-order valence-corrected chi connectivity index (χ4v) is 3.45. The number of aromatic nitrogens is 2. The van der Waals surface area contributed by atoms with Crippen LogP contribution in [-0.2, 0) is 12.2 Å². The molecule has 0 unspecified atom stereocenters. The second-order valence-corrected chi connectivity index (χ2v) is 6.81. The van der Waals surface area contributed by atoms with Crippen molar-refractivity contribution in [3.8, 4) is 11.8 Å². The molecular weight excluding hydrogens is 408 g/mol. The van der Waals surface area contributed by atoms with E-state index in [1.807, 2.05) is 50.2 Å². The Bertz CT molecular complexity index is 1070. The maximum Gasteiger partial charge on any atom is 0.269 e. The van der Waals surface area contributed by atoms with Crippen molar-refractivity contribution < 1.29 is 13.5 Å². The average Bonchev–Trinajstić information content (AvgIpc) is 2.74. The number of rotatable bonds is 6. The van der Waals surface area contributed by atoms with E-state index in [4.69, 9.17) is 0 Å². The van der Waals surface area contributed by atoms with Gasteiger partial charge in [0.2, 0.25) is 0 Å². The van der Waals surface area contributed by atoms with Crippen LogP contribution in [0.4, 0.5) is 8.78 Å². The van der Waals surface area contributed by atoms with Crippen LogP contribution in [0.15, 0.2) is 52.4 Å². The van der Waals surface area contributed by atoms with Crippen LogP contribution in [0.1, 0.15) is 36.2 Å². The lowest BCUT2D eigenvalue weighted by atomic mass is 10.1. The minimum Gasteiger partial charge on any atom is -0.491 e. The lowest BCUT2D eigenvalue weighted by Crippen LogP contribution is -2.17. The molecule has 5 nitrogen and oxygen atoms in total. The average molecular weight is 429 g/mol. The van der Waals surface area contributed by atoms with Gasteiger partial charge in [-0.2, -0.15) is 5.26 Å². The molecule has 0 atom stereocenters. The van der Waals surface area contributed by atoms with Gasteiger partial charge in [-0.3, -0.25) is 4.79 Å². The van der Waals surface area contributed by atoms with Crippen LogP contribution >= 0.6 is 11.8 Å². The van der Waals surface area contributed by atoms with Gasteiger partial charge in [-0.05, 0) is 23.3 Å². The van der Waals surface area contributed by atoms with Gasteiger partial charge in [-0.1, -0.05) is 55.9 Å². The molecule has 0 aliphatic carbocycles. The van der Waals surface area contributed by atoms with Gasteiger partial charge in [0.1, 0.15) is 11.6 Å². The Morgan fingerprint density at radius 2 is 1.77 bits per heavy atom. The van der Waals surface area contributed by atoms with E-state index in [0.29, 0.717) is 17.7 Å². The molecule has 1 N–H and O–H groups in total. The van der Waals surface area contributed by atoms with E-state index < -0.39 is 22.9 Å². The van der Waals surface area contributed by atoms with Gasteiger partial charge in [0.15, 0.2) is 22.5 Å². The number of nitrogens with one attached hydrogen (secondary N) is 1. The monoisotopic (exact) mass is 429 g/mol. The van der Waals surface area contributed by atoms with Gasteiger partial charge in [-0.15, -0.1) is 0 Å². The van der Waals surface area contributed by atoms with Crippen LogP contribution < -0.4 is 10.3 Å². The normalized spacial score (nSPS) is 10.0. The summed E-state index contributed by atoms with van der Waals surface area (Å²) < 4.78 is 32.3. The van der Waals surface area contributed by atoms with Crippen molar-refractivity contribution in [1.82, 2.24) is 9.97 Å². The van der Waals surface area contributed by atoms with Crippen LogP contribution in [-0.4, -0.2) is 17.1 Å². The van der Waals surface area contributed by atoms with Crippen molar-refractivity contribution in [3.05, 3.63) is 86.8 Å². The molecule has 8 heteroatoms. The molecule has 0 amide bonds. The predicted octanol–water partition coefficient (Wildman–Crippen LogP) is 4.84. The first-order valence-corrected chi connectivity index (χ1v) is 10.2. The zero-order chi connectivity index (χ0) is 22.1. The van der Waals surface area contributed by atoms with E-state index in [2.05, 4.69) is 14.7 Å². The molecule has 30 heavy (non-hydrogen) atoms. The first kappa shape index (κ1) is 23.1. The number of nitriles is 1. The molecule has 1 aromatic heterocycles. The minimum atomic E-state index is -0.802. The first-order chi connectivity index (χ1) is 14.5. The number of methoxy groups -OCH3 is 1. The Labute approximate surface area is 177 Å². The molecule has 0 spiro atoms. The highest BCUT2D eigenvalue weighted by Crippen LogP contribution is 2.26.